The molecule has 0 atom stereocenters. The molecule has 2 N–H and O–H groups in total. The van der Waals surface area contributed by atoms with Crippen molar-refractivity contribution >= 4 is 17.5 Å². The third-order valence-corrected chi connectivity index (χ3v) is 4.75. The highest BCUT2D eigenvalue weighted by Gasteiger charge is 2.13. The minimum atomic E-state index is -0.389. The number of carbonyl (C=O) groups is 2. The maximum Gasteiger partial charge on any atom is 0.274 e. The fourth-order valence-electron chi connectivity index (χ4n) is 2.88. The summed E-state index contributed by atoms with van der Waals surface area (Å²) in [6.45, 7) is 4.18. The number of aromatic nitrogens is 1. The largest absolute Gasteiger partial charge is 0.352 e. The van der Waals surface area contributed by atoms with Crippen LogP contribution in [0.2, 0.25) is 0 Å². The molecule has 0 aliphatic carbocycles. The van der Waals surface area contributed by atoms with Gasteiger partial charge in [-0.15, -0.1) is 0 Å². The number of amides is 2. The molecule has 3 rings (SSSR count). The van der Waals surface area contributed by atoms with E-state index in [-0.39, 0.29) is 29.9 Å². The number of halogens is 1. The van der Waals surface area contributed by atoms with Gasteiger partial charge < -0.3 is 10.6 Å². The van der Waals surface area contributed by atoms with Gasteiger partial charge >= 0.3 is 0 Å². The minimum Gasteiger partial charge on any atom is -0.352 e. The molecule has 0 bridgehead atoms. The van der Waals surface area contributed by atoms with Crippen molar-refractivity contribution in [1.29, 1.82) is 0 Å². The van der Waals surface area contributed by atoms with Crippen molar-refractivity contribution in [3.05, 3.63) is 94.6 Å². The molecule has 5 nitrogen and oxygen atoms in total. The Balaban J connectivity index is 1.63. The van der Waals surface area contributed by atoms with E-state index < -0.39 is 0 Å². The number of carbonyl (C=O) groups excluding carboxylic acids is 2. The SMILES string of the molecule is Cc1cccc(NC(=O)c2cc(C(=O)NCCc3ccccc3F)ccn2)c1C. The fraction of sp³-hybridized carbons (Fsp3) is 0.174. The Kier molecular flexibility index (Phi) is 6.34. The standard InChI is InChI=1S/C23H22FN3O2/c1-15-6-5-9-20(16(15)2)27-23(29)21-14-18(11-12-25-21)22(28)26-13-10-17-7-3-4-8-19(17)24/h3-9,11-12,14H,10,13H2,1-2H3,(H,26,28)(H,27,29). The molecule has 0 saturated carbocycles. The summed E-state index contributed by atoms with van der Waals surface area (Å²) >= 11 is 0. The Morgan fingerprint density at radius 2 is 1.79 bits per heavy atom. The number of pyridine rings is 1. The van der Waals surface area contributed by atoms with E-state index in [1.54, 1.807) is 18.2 Å². The van der Waals surface area contributed by atoms with Gasteiger partial charge in [-0.25, -0.2) is 4.39 Å². The van der Waals surface area contributed by atoms with Crippen LogP contribution in [0, 0.1) is 19.7 Å². The number of benzene rings is 2. The molecule has 29 heavy (non-hydrogen) atoms. The van der Waals surface area contributed by atoms with Crippen molar-refractivity contribution in [2.24, 2.45) is 0 Å². The van der Waals surface area contributed by atoms with Crippen LogP contribution in [-0.2, 0) is 6.42 Å². The van der Waals surface area contributed by atoms with Gasteiger partial charge in [0, 0.05) is 24.0 Å². The predicted molar refractivity (Wildman–Crippen MR) is 111 cm³/mol. The fourth-order valence-corrected chi connectivity index (χ4v) is 2.88. The highest BCUT2D eigenvalue weighted by molar-refractivity contribution is 6.05. The van der Waals surface area contributed by atoms with Crippen LogP contribution in [0.4, 0.5) is 10.1 Å². The topological polar surface area (TPSA) is 71.1 Å². The molecule has 0 aliphatic rings. The number of nitrogens with one attached hydrogen (secondary N) is 2. The van der Waals surface area contributed by atoms with E-state index in [0.717, 1.165) is 11.1 Å². The maximum atomic E-state index is 13.6. The van der Waals surface area contributed by atoms with Gasteiger partial charge in [0.15, 0.2) is 0 Å². The van der Waals surface area contributed by atoms with E-state index in [1.807, 2.05) is 32.0 Å². The highest BCUT2D eigenvalue weighted by Crippen LogP contribution is 2.18. The Morgan fingerprint density at radius 3 is 2.59 bits per heavy atom. The number of hydrogen-bond donors (Lipinski definition) is 2. The molecule has 0 saturated heterocycles. The zero-order chi connectivity index (χ0) is 20.8. The monoisotopic (exact) mass is 391 g/mol. The maximum absolute atomic E-state index is 13.6. The molecule has 6 heteroatoms. The van der Waals surface area contributed by atoms with Crippen LogP contribution in [-0.4, -0.2) is 23.3 Å². The first-order valence-corrected chi connectivity index (χ1v) is 9.31. The Morgan fingerprint density at radius 1 is 1.00 bits per heavy atom. The van der Waals surface area contributed by atoms with Gasteiger partial charge in [0.05, 0.1) is 0 Å². The second-order valence-electron chi connectivity index (χ2n) is 6.73. The molecule has 2 aromatic carbocycles. The molecule has 3 aromatic rings. The molecule has 148 valence electrons. The Hall–Kier alpha value is -3.54. The molecule has 0 fully saturated rings. The molecule has 2 amide bonds. The third-order valence-electron chi connectivity index (χ3n) is 4.75. The number of hydrogen-bond acceptors (Lipinski definition) is 3. The van der Waals surface area contributed by atoms with Gasteiger partial charge in [0.1, 0.15) is 11.5 Å². The van der Waals surface area contributed by atoms with Gasteiger partial charge in [-0.3, -0.25) is 14.6 Å². The summed E-state index contributed by atoms with van der Waals surface area (Å²) in [4.78, 5) is 29.0. The van der Waals surface area contributed by atoms with E-state index in [4.69, 9.17) is 0 Å². The van der Waals surface area contributed by atoms with Crippen molar-refractivity contribution in [1.82, 2.24) is 10.3 Å². The first-order valence-electron chi connectivity index (χ1n) is 9.31. The Bertz CT molecular complexity index is 1050. The van der Waals surface area contributed by atoms with E-state index in [0.29, 0.717) is 23.2 Å². The highest BCUT2D eigenvalue weighted by atomic mass is 19.1. The van der Waals surface area contributed by atoms with E-state index in [1.165, 1.54) is 24.4 Å². The summed E-state index contributed by atoms with van der Waals surface area (Å²) in [5.41, 5.74) is 3.75. The van der Waals surface area contributed by atoms with Crippen molar-refractivity contribution in [3.63, 3.8) is 0 Å². The smallest absolute Gasteiger partial charge is 0.274 e. The molecule has 1 heterocycles. The summed E-state index contributed by atoms with van der Waals surface area (Å²) in [5, 5.41) is 5.57. The van der Waals surface area contributed by atoms with Crippen molar-refractivity contribution in [3.8, 4) is 0 Å². The summed E-state index contributed by atoms with van der Waals surface area (Å²) in [6.07, 6.45) is 1.80. The molecule has 0 radical (unpaired) electrons. The van der Waals surface area contributed by atoms with Gasteiger partial charge in [-0.1, -0.05) is 30.3 Å². The summed E-state index contributed by atoms with van der Waals surface area (Å²) in [7, 11) is 0. The second-order valence-corrected chi connectivity index (χ2v) is 6.73. The van der Waals surface area contributed by atoms with Gasteiger partial charge in [0.25, 0.3) is 11.8 Å². The lowest BCUT2D eigenvalue weighted by atomic mass is 10.1. The molecular weight excluding hydrogens is 369 g/mol. The van der Waals surface area contributed by atoms with Crippen molar-refractivity contribution < 1.29 is 14.0 Å². The van der Waals surface area contributed by atoms with E-state index in [9.17, 15) is 14.0 Å². The lowest BCUT2D eigenvalue weighted by Gasteiger charge is -2.11. The van der Waals surface area contributed by atoms with Crippen molar-refractivity contribution in [2.45, 2.75) is 20.3 Å². The van der Waals surface area contributed by atoms with Crippen LogP contribution in [0.15, 0.2) is 60.8 Å². The summed E-state index contributed by atoms with van der Waals surface area (Å²) < 4.78 is 13.6. The first kappa shape index (κ1) is 20.2. The number of anilines is 1. The van der Waals surface area contributed by atoms with E-state index >= 15 is 0 Å². The third kappa shape index (κ3) is 5.04. The lowest BCUT2D eigenvalue weighted by Crippen LogP contribution is -2.26. The molecule has 0 unspecified atom stereocenters. The minimum absolute atomic E-state index is 0.146. The molecule has 0 aliphatic heterocycles. The number of nitrogens with zero attached hydrogens (tertiary/aromatic N) is 1. The Labute approximate surface area is 169 Å². The van der Waals surface area contributed by atoms with Gasteiger partial charge in [-0.2, -0.15) is 0 Å². The lowest BCUT2D eigenvalue weighted by molar-refractivity contribution is 0.0954. The zero-order valence-corrected chi connectivity index (χ0v) is 16.3. The number of rotatable bonds is 6. The normalized spacial score (nSPS) is 10.4. The first-order chi connectivity index (χ1) is 14.0. The average molecular weight is 391 g/mol. The van der Waals surface area contributed by atoms with Crippen LogP contribution >= 0.6 is 0 Å². The van der Waals surface area contributed by atoms with Crippen LogP contribution < -0.4 is 10.6 Å². The van der Waals surface area contributed by atoms with Gasteiger partial charge in [-0.05, 0) is 61.2 Å². The van der Waals surface area contributed by atoms with Gasteiger partial charge in [0.2, 0.25) is 0 Å². The molecular formula is C23H22FN3O2. The number of aryl methyl sites for hydroxylation is 1. The van der Waals surface area contributed by atoms with Crippen LogP contribution in [0.25, 0.3) is 0 Å². The summed E-state index contributed by atoms with van der Waals surface area (Å²) in [6, 6.07) is 15.1. The van der Waals surface area contributed by atoms with Crippen LogP contribution in [0.1, 0.15) is 37.5 Å². The van der Waals surface area contributed by atoms with E-state index in [2.05, 4.69) is 15.6 Å². The summed E-state index contributed by atoms with van der Waals surface area (Å²) in [5.74, 6) is -1.03. The van der Waals surface area contributed by atoms with Crippen LogP contribution in [0.5, 0.6) is 0 Å². The molecule has 1 aromatic heterocycles. The predicted octanol–water partition coefficient (Wildman–Crippen LogP) is 4.06. The molecule has 0 spiro atoms. The zero-order valence-electron chi connectivity index (χ0n) is 16.3. The second kappa shape index (κ2) is 9.10. The average Bonchev–Trinajstić information content (AvgIpc) is 2.73. The van der Waals surface area contributed by atoms with Crippen molar-refractivity contribution in [2.75, 3.05) is 11.9 Å². The quantitative estimate of drug-likeness (QED) is 0.666. The van der Waals surface area contributed by atoms with Crippen LogP contribution in [0.3, 0.4) is 0 Å².